The van der Waals surface area contributed by atoms with Crippen LogP contribution in [-0.2, 0) is 6.42 Å². The molecule has 0 saturated carbocycles. The summed E-state index contributed by atoms with van der Waals surface area (Å²) in [6.07, 6.45) is 4.73. The van der Waals surface area contributed by atoms with Crippen molar-refractivity contribution in [1.82, 2.24) is 21.1 Å². The minimum Gasteiger partial charge on any atom is -0.342 e. The molecule has 2 heterocycles. The largest absolute Gasteiger partial charge is 0.342 e. The van der Waals surface area contributed by atoms with Gasteiger partial charge in [0.2, 0.25) is 0 Å². The van der Waals surface area contributed by atoms with Crippen molar-refractivity contribution in [2.24, 2.45) is 11.8 Å². The molecule has 0 spiro atoms. The maximum atomic E-state index is 12.5. The number of piperidine rings is 1. The summed E-state index contributed by atoms with van der Waals surface area (Å²) in [7, 11) is 1.90. The van der Waals surface area contributed by atoms with Crippen molar-refractivity contribution < 1.29 is 4.79 Å². The zero-order valence-corrected chi connectivity index (χ0v) is 14.7. The molecule has 1 amide bonds. The van der Waals surface area contributed by atoms with Gasteiger partial charge in [-0.2, -0.15) is 0 Å². The van der Waals surface area contributed by atoms with Crippen LogP contribution in [0.3, 0.4) is 0 Å². The van der Waals surface area contributed by atoms with E-state index in [9.17, 15) is 4.79 Å². The smallest absolute Gasteiger partial charge is 0.253 e. The van der Waals surface area contributed by atoms with Crippen LogP contribution in [0.15, 0.2) is 24.3 Å². The van der Waals surface area contributed by atoms with Gasteiger partial charge in [-0.25, -0.2) is 0 Å². The van der Waals surface area contributed by atoms with Crippen molar-refractivity contribution in [1.29, 1.82) is 0 Å². The summed E-state index contributed by atoms with van der Waals surface area (Å²) in [6.45, 7) is 5.07. The first-order valence-corrected chi connectivity index (χ1v) is 9.23. The Labute approximate surface area is 145 Å². The van der Waals surface area contributed by atoms with Crippen LogP contribution in [0.4, 0.5) is 0 Å². The van der Waals surface area contributed by atoms with Gasteiger partial charge in [0.05, 0.1) is 0 Å². The summed E-state index contributed by atoms with van der Waals surface area (Å²) in [5, 5.41) is 3.47. The van der Waals surface area contributed by atoms with E-state index < -0.39 is 0 Å². The van der Waals surface area contributed by atoms with Crippen LogP contribution in [0, 0.1) is 11.8 Å². The fourth-order valence-electron chi connectivity index (χ4n) is 3.62. The number of nitrogens with one attached hydrogen (secondary N) is 3. The van der Waals surface area contributed by atoms with Crippen molar-refractivity contribution in [3.63, 3.8) is 0 Å². The molecule has 0 radical (unpaired) electrons. The topological polar surface area (TPSA) is 56.4 Å². The van der Waals surface area contributed by atoms with Crippen LogP contribution < -0.4 is 16.2 Å². The summed E-state index contributed by atoms with van der Waals surface area (Å²) in [5.74, 6) is 1.48. The SMILES string of the molecule is CN(CCC1CNNC1)C(=O)c1ccc(CC2CCCNC2)cc1. The van der Waals surface area contributed by atoms with Crippen molar-refractivity contribution in [3.05, 3.63) is 35.4 Å². The molecule has 1 atom stereocenters. The third-order valence-corrected chi connectivity index (χ3v) is 5.25. The van der Waals surface area contributed by atoms with Gasteiger partial charge in [-0.1, -0.05) is 12.1 Å². The number of hydrogen-bond donors (Lipinski definition) is 3. The third-order valence-electron chi connectivity index (χ3n) is 5.25. The lowest BCUT2D eigenvalue weighted by molar-refractivity contribution is 0.0788. The highest BCUT2D eigenvalue weighted by Crippen LogP contribution is 2.17. The molecule has 0 bridgehead atoms. The number of carbonyl (C=O) groups is 1. The molecule has 2 saturated heterocycles. The molecule has 2 fully saturated rings. The lowest BCUT2D eigenvalue weighted by Crippen LogP contribution is -2.31. The van der Waals surface area contributed by atoms with Gasteiger partial charge in [0.25, 0.3) is 5.91 Å². The average Bonchev–Trinajstić information content (AvgIpc) is 3.14. The number of nitrogens with zero attached hydrogens (tertiary/aromatic N) is 1. The Hall–Kier alpha value is -1.43. The van der Waals surface area contributed by atoms with E-state index in [0.717, 1.165) is 57.0 Å². The molecule has 1 aromatic rings. The highest BCUT2D eigenvalue weighted by atomic mass is 16.2. The first-order valence-electron chi connectivity index (χ1n) is 9.23. The molecular formula is C19H30N4O. The van der Waals surface area contributed by atoms with E-state index in [4.69, 9.17) is 0 Å². The Balaban J connectivity index is 1.48. The van der Waals surface area contributed by atoms with Gasteiger partial charge >= 0.3 is 0 Å². The molecule has 1 unspecified atom stereocenters. The van der Waals surface area contributed by atoms with Crippen LogP contribution in [0.1, 0.15) is 35.2 Å². The summed E-state index contributed by atoms with van der Waals surface area (Å²) in [5.41, 5.74) is 8.41. The predicted molar refractivity (Wildman–Crippen MR) is 96.8 cm³/mol. The highest BCUT2D eigenvalue weighted by molar-refractivity contribution is 5.94. The number of amides is 1. The molecule has 2 aliphatic heterocycles. The van der Waals surface area contributed by atoms with Crippen molar-refractivity contribution >= 4 is 5.91 Å². The summed E-state index contributed by atoms with van der Waals surface area (Å²) in [6, 6.07) is 8.23. The van der Waals surface area contributed by atoms with Crippen LogP contribution >= 0.6 is 0 Å². The zero-order valence-electron chi connectivity index (χ0n) is 14.7. The minimum absolute atomic E-state index is 0.125. The second kappa shape index (κ2) is 8.60. The number of rotatable bonds is 6. The van der Waals surface area contributed by atoms with Crippen molar-refractivity contribution in [3.8, 4) is 0 Å². The molecule has 3 N–H and O–H groups in total. The van der Waals surface area contributed by atoms with E-state index >= 15 is 0 Å². The van der Waals surface area contributed by atoms with E-state index in [-0.39, 0.29) is 5.91 Å². The minimum atomic E-state index is 0.125. The zero-order chi connectivity index (χ0) is 16.8. The Kier molecular flexibility index (Phi) is 6.24. The number of carbonyl (C=O) groups excluding carboxylic acids is 1. The predicted octanol–water partition coefficient (Wildman–Crippen LogP) is 1.41. The van der Waals surface area contributed by atoms with E-state index in [2.05, 4.69) is 28.3 Å². The van der Waals surface area contributed by atoms with Gasteiger partial charge in [-0.3, -0.25) is 15.6 Å². The van der Waals surface area contributed by atoms with Crippen molar-refractivity contribution in [2.75, 3.05) is 39.8 Å². The van der Waals surface area contributed by atoms with Gasteiger partial charge in [0.1, 0.15) is 0 Å². The van der Waals surface area contributed by atoms with Gasteiger partial charge in [0, 0.05) is 32.2 Å². The molecule has 5 heteroatoms. The molecule has 132 valence electrons. The lowest BCUT2D eigenvalue weighted by Gasteiger charge is -2.23. The van der Waals surface area contributed by atoms with E-state index in [1.165, 1.54) is 18.4 Å². The van der Waals surface area contributed by atoms with E-state index in [0.29, 0.717) is 5.92 Å². The first kappa shape index (κ1) is 17.4. The number of benzene rings is 1. The van der Waals surface area contributed by atoms with Gasteiger partial charge in [0.15, 0.2) is 0 Å². The Morgan fingerprint density at radius 3 is 2.54 bits per heavy atom. The van der Waals surface area contributed by atoms with Crippen molar-refractivity contribution in [2.45, 2.75) is 25.7 Å². The normalized spacial score (nSPS) is 21.8. The quantitative estimate of drug-likeness (QED) is 0.738. The Morgan fingerprint density at radius 1 is 1.12 bits per heavy atom. The molecule has 0 aliphatic carbocycles. The number of hydrazine groups is 1. The highest BCUT2D eigenvalue weighted by Gasteiger charge is 2.18. The summed E-state index contributed by atoms with van der Waals surface area (Å²) >= 11 is 0. The van der Waals surface area contributed by atoms with E-state index in [1.54, 1.807) is 0 Å². The van der Waals surface area contributed by atoms with Crippen LogP contribution in [0.2, 0.25) is 0 Å². The Morgan fingerprint density at radius 2 is 1.88 bits per heavy atom. The summed E-state index contributed by atoms with van der Waals surface area (Å²) < 4.78 is 0. The number of hydrogen-bond acceptors (Lipinski definition) is 4. The maximum Gasteiger partial charge on any atom is 0.253 e. The lowest BCUT2D eigenvalue weighted by atomic mass is 9.92. The fraction of sp³-hybridized carbons (Fsp3) is 0.632. The molecule has 5 nitrogen and oxygen atoms in total. The molecule has 0 aromatic heterocycles. The maximum absolute atomic E-state index is 12.5. The van der Waals surface area contributed by atoms with Gasteiger partial charge in [-0.15, -0.1) is 0 Å². The van der Waals surface area contributed by atoms with E-state index in [1.807, 2.05) is 24.1 Å². The molecular weight excluding hydrogens is 300 g/mol. The molecule has 24 heavy (non-hydrogen) atoms. The van der Waals surface area contributed by atoms with Crippen LogP contribution in [0.5, 0.6) is 0 Å². The van der Waals surface area contributed by atoms with Crippen LogP contribution in [0.25, 0.3) is 0 Å². The average molecular weight is 330 g/mol. The second-order valence-corrected chi connectivity index (χ2v) is 7.26. The van der Waals surface area contributed by atoms with Gasteiger partial charge < -0.3 is 10.2 Å². The first-order chi connectivity index (χ1) is 11.7. The standard InChI is InChI=1S/C19H30N4O/c1-23(10-8-17-13-21-22-14-17)19(24)18-6-4-15(5-7-18)11-16-3-2-9-20-12-16/h4-7,16-17,20-22H,2-3,8-14H2,1H3. The molecule has 3 rings (SSSR count). The van der Waals surface area contributed by atoms with Crippen LogP contribution in [-0.4, -0.2) is 50.6 Å². The third kappa shape index (κ3) is 4.79. The Bertz CT molecular complexity index is 519. The second-order valence-electron chi connectivity index (χ2n) is 7.26. The monoisotopic (exact) mass is 330 g/mol. The van der Waals surface area contributed by atoms with Gasteiger partial charge in [-0.05, 0) is 68.3 Å². The summed E-state index contributed by atoms with van der Waals surface area (Å²) in [4.78, 5) is 14.4. The molecule has 2 aliphatic rings. The fourth-order valence-corrected chi connectivity index (χ4v) is 3.62. The molecule has 1 aromatic carbocycles.